The molecule has 0 amide bonds. The molecule has 2 atom stereocenters. The topological polar surface area (TPSA) is 32.7 Å². The van der Waals surface area contributed by atoms with Gasteiger partial charge in [0.05, 0.1) is 17.3 Å². The van der Waals surface area contributed by atoms with E-state index in [9.17, 15) is 0 Å². The lowest BCUT2D eigenvalue weighted by atomic mass is 9.64. The molecule has 0 bridgehead atoms. The summed E-state index contributed by atoms with van der Waals surface area (Å²) in [4.78, 5) is 15.4. The van der Waals surface area contributed by atoms with Crippen molar-refractivity contribution in [1.82, 2.24) is 0 Å². The predicted molar refractivity (Wildman–Crippen MR) is 173 cm³/mol. The van der Waals surface area contributed by atoms with Gasteiger partial charge < -0.3 is 0 Å². The van der Waals surface area contributed by atoms with E-state index < -0.39 is 5.54 Å². The van der Waals surface area contributed by atoms with Gasteiger partial charge in [0.2, 0.25) is 0 Å². The normalized spacial score (nSPS) is 20.6. The number of rotatable bonds is 4. The van der Waals surface area contributed by atoms with Gasteiger partial charge in [-0.3, -0.25) is 4.79 Å². The van der Waals surface area contributed by atoms with Gasteiger partial charge in [-0.05, 0) is 59.9 Å². The first-order chi connectivity index (χ1) is 20.5. The molecule has 3 heteroatoms. The summed E-state index contributed by atoms with van der Waals surface area (Å²) in [5, 5.41) is 7.39. The van der Waals surface area contributed by atoms with Crippen LogP contribution in [0.15, 0.2) is 139 Å². The molecule has 0 N–H and O–H groups in total. The van der Waals surface area contributed by atoms with E-state index in [1.807, 2.05) is 47.5 Å². The summed E-state index contributed by atoms with van der Waals surface area (Å²) < 4.78 is 0. The summed E-state index contributed by atoms with van der Waals surface area (Å²) >= 11 is 0. The quantitative estimate of drug-likeness (QED) is 0.213. The first-order valence-corrected chi connectivity index (χ1v) is 14.5. The number of hydrogen-bond acceptors (Lipinski definition) is 3. The number of para-hydroxylation sites is 1. The van der Waals surface area contributed by atoms with Gasteiger partial charge in [0.15, 0.2) is 5.78 Å². The third-order valence-corrected chi connectivity index (χ3v) is 8.61. The maximum Gasteiger partial charge on any atom is 0.192 e. The van der Waals surface area contributed by atoms with Crippen LogP contribution in [0.1, 0.15) is 44.9 Å². The highest BCUT2D eigenvalue weighted by Crippen LogP contribution is 2.52. The van der Waals surface area contributed by atoms with E-state index in [1.54, 1.807) is 0 Å². The summed E-state index contributed by atoms with van der Waals surface area (Å²) in [5.41, 5.74) is 9.19. The summed E-state index contributed by atoms with van der Waals surface area (Å²) in [7, 11) is 0. The van der Waals surface area contributed by atoms with E-state index >= 15 is 4.79 Å². The van der Waals surface area contributed by atoms with Crippen molar-refractivity contribution in [3.05, 3.63) is 172 Å². The lowest BCUT2D eigenvalue weighted by molar-refractivity contribution is -0.119. The first-order valence-electron chi connectivity index (χ1n) is 14.5. The Labute approximate surface area is 247 Å². The predicted octanol–water partition coefficient (Wildman–Crippen LogP) is 8.42. The highest BCUT2D eigenvalue weighted by molar-refractivity contribution is 6.34. The van der Waals surface area contributed by atoms with Gasteiger partial charge >= 0.3 is 0 Å². The summed E-state index contributed by atoms with van der Waals surface area (Å²) in [6.45, 7) is 4.18. The smallest absolute Gasteiger partial charge is 0.192 e. The lowest BCUT2D eigenvalue weighted by Crippen LogP contribution is -2.58. The van der Waals surface area contributed by atoms with Gasteiger partial charge in [-0.2, -0.15) is 5.10 Å². The number of nitrogens with zero attached hydrogens (tertiary/aromatic N) is 2. The molecule has 0 fully saturated rings. The van der Waals surface area contributed by atoms with Crippen LogP contribution >= 0.6 is 0 Å². The van der Waals surface area contributed by atoms with Crippen LogP contribution in [0.3, 0.4) is 0 Å². The Morgan fingerprint density at radius 3 is 2.00 bits per heavy atom. The minimum absolute atomic E-state index is 0.0888. The third-order valence-electron chi connectivity index (χ3n) is 8.61. The average molecular weight is 545 g/mol. The van der Waals surface area contributed by atoms with Crippen LogP contribution in [0.25, 0.3) is 11.6 Å². The molecule has 5 aromatic rings. The molecule has 2 aliphatic rings. The Bertz CT molecular complexity index is 1820. The molecule has 0 aromatic heterocycles. The van der Waals surface area contributed by atoms with Crippen molar-refractivity contribution in [3.63, 3.8) is 0 Å². The van der Waals surface area contributed by atoms with E-state index in [2.05, 4.69) is 111 Å². The molecule has 0 saturated carbocycles. The maximum atomic E-state index is 15.4. The van der Waals surface area contributed by atoms with Gasteiger partial charge in [0.25, 0.3) is 0 Å². The van der Waals surface area contributed by atoms with Crippen LogP contribution in [-0.4, -0.2) is 17.0 Å². The first kappa shape index (κ1) is 25.9. The molecule has 42 heavy (non-hydrogen) atoms. The molecule has 1 aliphatic carbocycles. The number of fused-ring (bicyclic) bond motifs is 1. The number of Topliss-reactive ketones (excluding diaryl/α,β-unsaturated/α-hetero) is 1. The van der Waals surface area contributed by atoms with Crippen molar-refractivity contribution in [2.45, 2.75) is 31.7 Å². The van der Waals surface area contributed by atoms with Crippen LogP contribution in [0.4, 0.5) is 5.69 Å². The van der Waals surface area contributed by atoms with Gasteiger partial charge in [-0.25, -0.2) is 5.01 Å². The fourth-order valence-corrected chi connectivity index (χ4v) is 6.53. The molecule has 7 rings (SSSR count). The van der Waals surface area contributed by atoms with Crippen molar-refractivity contribution in [2.75, 3.05) is 5.01 Å². The summed E-state index contributed by atoms with van der Waals surface area (Å²) in [6.07, 6.45) is 2.61. The number of carbonyl (C=O) groups is 1. The van der Waals surface area contributed by atoms with Crippen LogP contribution < -0.4 is 5.01 Å². The molecule has 5 aromatic carbocycles. The number of hydrogen-bond donors (Lipinski definition) is 0. The molecular formula is C39H32N2O. The summed E-state index contributed by atoms with van der Waals surface area (Å²) in [5.74, 6) is -0.200. The Morgan fingerprint density at radius 2 is 1.31 bits per heavy atom. The van der Waals surface area contributed by atoms with Gasteiger partial charge in [-0.15, -0.1) is 0 Å². The number of ketones is 1. The van der Waals surface area contributed by atoms with Crippen molar-refractivity contribution >= 4 is 28.8 Å². The number of carbonyl (C=O) groups excluding carboxylic acids is 1. The molecule has 0 unspecified atom stereocenters. The highest BCUT2D eigenvalue weighted by Gasteiger charge is 2.60. The highest BCUT2D eigenvalue weighted by atomic mass is 16.1. The maximum absolute atomic E-state index is 15.4. The van der Waals surface area contributed by atoms with Gasteiger partial charge in [-0.1, -0.05) is 132 Å². The zero-order valence-electron chi connectivity index (χ0n) is 23.9. The SMILES string of the molecule is Cc1ccc(/C=C2/C(=O)[C@]3(Cc4ccccc42)[C@@H](c2ccc(C)cc2)C(c2ccccc2)=NN3c2ccccc2)cc1. The van der Waals surface area contributed by atoms with Crippen molar-refractivity contribution < 1.29 is 4.79 Å². The monoisotopic (exact) mass is 544 g/mol. The van der Waals surface area contributed by atoms with Gasteiger partial charge in [0, 0.05) is 12.0 Å². The zero-order valence-corrected chi connectivity index (χ0v) is 23.9. The van der Waals surface area contributed by atoms with E-state index in [0.29, 0.717) is 6.42 Å². The molecule has 1 aliphatic heterocycles. The number of hydrazone groups is 1. The van der Waals surface area contributed by atoms with Crippen LogP contribution in [0.5, 0.6) is 0 Å². The fraction of sp³-hybridized carbons (Fsp3) is 0.128. The van der Waals surface area contributed by atoms with Crippen LogP contribution in [-0.2, 0) is 11.2 Å². The fourth-order valence-electron chi connectivity index (χ4n) is 6.53. The molecule has 0 saturated heterocycles. The number of benzene rings is 5. The van der Waals surface area contributed by atoms with E-state index in [-0.39, 0.29) is 11.7 Å². The average Bonchev–Trinajstić information content (AvgIpc) is 3.37. The van der Waals surface area contributed by atoms with E-state index in [1.165, 1.54) is 11.1 Å². The Hall–Kier alpha value is -5.02. The molecular weight excluding hydrogens is 512 g/mol. The zero-order chi connectivity index (χ0) is 28.7. The molecule has 1 spiro atoms. The third kappa shape index (κ3) is 4.29. The molecule has 1 heterocycles. The standard InChI is InChI=1S/C39H32N2O/c1-27-17-21-29(22-18-27)25-35-34-16-10-9-13-32(34)26-39(38(35)42)36(30-23-19-28(2)20-24-30)37(31-11-5-3-6-12-31)40-41(39)33-14-7-4-8-15-33/h3-25,36H,26H2,1-2H3/b35-25+/t36-,39-/m0/s1. The number of aryl methyl sites for hydroxylation is 2. The second kappa shape index (κ2) is 10.4. The second-order valence-corrected chi connectivity index (χ2v) is 11.4. The van der Waals surface area contributed by atoms with E-state index in [0.717, 1.165) is 44.8 Å². The Kier molecular flexibility index (Phi) is 6.43. The van der Waals surface area contributed by atoms with Crippen molar-refractivity contribution in [3.8, 4) is 0 Å². The van der Waals surface area contributed by atoms with Gasteiger partial charge in [0.1, 0.15) is 5.54 Å². The number of anilines is 1. The Morgan fingerprint density at radius 1 is 0.714 bits per heavy atom. The second-order valence-electron chi connectivity index (χ2n) is 11.4. The molecule has 0 radical (unpaired) electrons. The lowest BCUT2D eigenvalue weighted by Gasteiger charge is -2.44. The van der Waals surface area contributed by atoms with Crippen molar-refractivity contribution in [1.29, 1.82) is 0 Å². The minimum Gasteiger partial charge on any atom is -0.291 e. The van der Waals surface area contributed by atoms with Crippen LogP contribution in [0, 0.1) is 13.8 Å². The minimum atomic E-state index is -0.993. The largest absolute Gasteiger partial charge is 0.291 e. The van der Waals surface area contributed by atoms with E-state index in [4.69, 9.17) is 5.10 Å². The Balaban J connectivity index is 1.53. The summed E-state index contributed by atoms with van der Waals surface area (Å²) in [6, 6.07) is 45.8. The van der Waals surface area contributed by atoms with Crippen molar-refractivity contribution in [2.24, 2.45) is 5.10 Å². The molecule has 3 nitrogen and oxygen atoms in total. The molecule has 204 valence electrons. The van der Waals surface area contributed by atoms with Crippen LogP contribution in [0.2, 0.25) is 0 Å².